The third kappa shape index (κ3) is 3.17. The van der Waals surface area contributed by atoms with Crippen molar-refractivity contribution in [3.63, 3.8) is 0 Å². The Balaban J connectivity index is 2.66. The summed E-state index contributed by atoms with van der Waals surface area (Å²) in [5.74, 6) is 4.98. The molecule has 14 heavy (non-hydrogen) atoms. The van der Waals surface area contributed by atoms with Crippen molar-refractivity contribution in [3.05, 3.63) is 27.7 Å². The lowest BCUT2D eigenvalue weighted by Gasteiger charge is -2.07. The summed E-state index contributed by atoms with van der Waals surface area (Å²) in [6, 6.07) is 5.05. The summed E-state index contributed by atoms with van der Waals surface area (Å²) in [5, 5.41) is 0.538. The molecule has 76 valence electrons. The minimum absolute atomic E-state index is 0.143. The van der Waals surface area contributed by atoms with Gasteiger partial charge in [0, 0.05) is 5.02 Å². The molecular weight excluding hydrogens is 271 g/mol. The van der Waals surface area contributed by atoms with Gasteiger partial charge in [0.15, 0.2) is 6.61 Å². The lowest BCUT2D eigenvalue weighted by Crippen LogP contribution is -2.34. The SMILES string of the molecule is NNC(=O)COc1cc(Cl)ccc1Br. The van der Waals surface area contributed by atoms with E-state index in [0.29, 0.717) is 10.8 Å². The van der Waals surface area contributed by atoms with Crippen LogP contribution in [0.3, 0.4) is 0 Å². The summed E-state index contributed by atoms with van der Waals surface area (Å²) in [6.45, 7) is -0.143. The van der Waals surface area contributed by atoms with E-state index >= 15 is 0 Å². The lowest BCUT2D eigenvalue weighted by atomic mass is 10.3. The molecule has 1 amide bonds. The van der Waals surface area contributed by atoms with Gasteiger partial charge in [0.25, 0.3) is 5.91 Å². The van der Waals surface area contributed by atoms with Gasteiger partial charge < -0.3 is 4.74 Å². The molecule has 0 saturated heterocycles. The second-order valence-electron chi connectivity index (χ2n) is 2.43. The molecule has 0 atom stereocenters. The molecular formula is C8H8BrClN2O2. The Morgan fingerprint density at radius 3 is 3.00 bits per heavy atom. The summed E-state index contributed by atoms with van der Waals surface area (Å²) in [5.41, 5.74) is 1.96. The maximum atomic E-state index is 10.8. The van der Waals surface area contributed by atoms with E-state index in [1.165, 1.54) is 0 Å². The number of amides is 1. The molecule has 0 aliphatic rings. The predicted octanol–water partition coefficient (Wildman–Crippen LogP) is 1.47. The fourth-order valence-electron chi connectivity index (χ4n) is 0.773. The molecule has 1 rings (SSSR count). The van der Waals surface area contributed by atoms with Crippen LogP contribution in [0, 0.1) is 0 Å². The van der Waals surface area contributed by atoms with Crippen molar-refractivity contribution in [2.45, 2.75) is 0 Å². The van der Waals surface area contributed by atoms with E-state index in [1.54, 1.807) is 18.2 Å². The Morgan fingerprint density at radius 2 is 2.36 bits per heavy atom. The Labute approximate surface area is 94.5 Å². The maximum absolute atomic E-state index is 10.8. The highest BCUT2D eigenvalue weighted by Crippen LogP contribution is 2.27. The van der Waals surface area contributed by atoms with Crippen LogP contribution >= 0.6 is 27.5 Å². The largest absolute Gasteiger partial charge is 0.482 e. The van der Waals surface area contributed by atoms with Crippen LogP contribution < -0.4 is 16.0 Å². The zero-order chi connectivity index (χ0) is 10.6. The second kappa shape index (κ2) is 5.19. The zero-order valence-electron chi connectivity index (χ0n) is 7.09. The van der Waals surface area contributed by atoms with Crippen molar-refractivity contribution in [1.29, 1.82) is 0 Å². The molecule has 0 radical (unpaired) electrons. The molecule has 1 aromatic carbocycles. The number of benzene rings is 1. The summed E-state index contributed by atoms with van der Waals surface area (Å²) in [7, 11) is 0. The quantitative estimate of drug-likeness (QED) is 0.500. The number of hydrogen-bond acceptors (Lipinski definition) is 3. The minimum Gasteiger partial charge on any atom is -0.482 e. The number of rotatable bonds is 3. The van der Waals surface area contributed by atoms with Crippen molar-refractivity contribution in [2.24, 2.45) is 5.84 Å². The van der Waals surface area contributed by atoms with Gasteiger partial charge in [0.05, 0.1) is 4.47 Å². The maximum Gasteiger partial charge on any atom is 0.271 e. The standard InChI is InChI=1S/C8H8BrClN2O2/c9-6-2-1-5(10)3-7(6)14-4-8(13)12-11/h1-3H,4,11H2,(H,12,13). The van der Waals surface area contributed by atoms with Crippen LogP contribution in [0.15, 0.2) is 22.7 Å². The molecule has 0 spiro atoms. The molecule has 0 fully saturated rings. The number of ether oxygens (including phenoxy) is 1. The fourth-order valence-corrected chi connectivity index (χ4v) is 1.30. The van der Waals surface area contributed by atoms with Crippen LogP contribution in [0.25, 0.3) is 0 Å². The molecule has 0 heterocycles. The highest BCUT2D eigenvalue weighted by atomic mass is 79.9. The molecule has 0 bridgehead atoms. The molecule has 4 nitrogen and oxygen atoms in total. The molecule has 0 aliphatic carbocycles. The van der Waals surface area contributed by atoms with Crippen molar-refractivity contribution >= 4 is 33.4 Å². The van der Waals surface area contributed by atoms with E-state index in [0.717, 1.165) is 4.47 Å². The summed E-state index contributed by atoms with van der Waals surface area (Å²) in [4.78, 5) is 10.8. The van der Waals surface area contributed by atoms with Gasteiger partial charge in [-0.15, -0.1) is 0 Å². The lowest BCUT2D eigenvalue weighted by molar-refractivity contribution is -0.123. The molecule has 3 N–H and O–H groups in total. The van der Waals surface area contributed by atoms with Crippen molar-refractivity contribution in [3.8, 4) is 5.75 Å². The molecule has 0 aliphatic heterocycles. The normalized spacial score (nSPS) is 9.64. The fraction of sp³-hybridized carbons (Fsp3) is 0.125. The summed E-state index contributed by atoms with van der Waals surface area (Å²) >= 11 is 9.00. The van der Waals surface area contributed by atoms with Gasteiger partial charge in [-0.2, -0.15) is 0 Å². The average molecular weight is 280 g/mol. The first-order valence-electron chi connectivity index (χ1n) is 3.71. The van der Waals surface area contributed by atoms with Gasteiger partial charge in [-0.05, 0) is 34.1 Å². The monoisotopic (exact) mass is 278 g/mol. The van der Waals surface area contributed by atoms with Crippen molar-refractivity contribution in [2.75, 3.05) is 6.61 Å². The zero-order valence-corrected chi connectivity index (χ0v) is 9.43. The highest BCUT2D eigenvalue weighted by Gasteiger charge is 2.04. The number of carbonyl (C=O) groups is 1. The van der Waals surface area contributed by atoms with E-state index in [9.17, 15) is 4.79 Å². The number of halogens is 2. The Hall–Kier alpha value is -0.780. The van der Waals surface area contributed by atoms with E-state index in [2.05, 4.69) is 15.9 Å². The average Bonchev–Trinajstić information content (AvgIpc) is 2.19. The highest BCUT2D eigenvalue weighted by molar-refractivity contribution is 9.10. The number of carbonyl (C=O) groups excluding carboxylic acids is 1. The van der Waals surface area contributed by atoms with E-state index < -0.39 is 5.91 Å². The Bertz CT molecular complexity index is 346. The van der Waals surface area contributed by atoms with E-state index in [1.807, 2.05) is 5.43 Å². The van der Waals surface area contributed by atoms with E-state index in [4.69, 9.17) is 22.2 Å². The van der Waals surface area contributed by atoms with Crippen LogP contribution in [0.1, 0.15) is 0 Å². The van der Waals surface area contributed by atoms with Crippen LogP contribution in [-0.2, 0) is 4.79 Å². The van der Waals surface area contributed by atoms with Crippen molar-refractivity contribution in [1.82, 2.24) is 5.43 Å². The molecule has 0 unspecified atom stereocenters. The number of hydrazine groups is 1. The third-order valence-corrected chi connectivity index (χ3v) is 2.30. The van der Waals surface area contributed by atoms with Crippen LogP contribution in [0.2, 0.25) is 5.02 Å². The number of nitrogens with two attached hydrogens (primary N) is 1. The smallest absolute Gasteiger partial charge is 0.271 e. The molecule has 0 saturated carbocycles. The van der Waals surface area contributed by atoms with Crippen molar-refractivity contribution < 1.29 is 9.53 Å². The Morgan fingerprint density at radius 1 is 1.64 bits per heavy atom. The second-order valence-corrected chi connectivity index (χ2v) is 3.72. The van der Waals surface area contributed by atoms with Gasteiger partial charge in [-0.25, -0.2) is 5.84 Å². The first-order valence-corrected chi connectivity index (χ1v) is 4.88. The first-order chi connectivity index (χ1) is 6.63. The van der Waals surface area contributed by atoms with Crippen LogP contribution in [0.5, 0.6) is 5.75 Å². The molecule has 1 aromatic rings. The first kappa shape index (κ1) is 11.3. The van der Waals surface area contributed by atoms with Gasteiger partial charge in [-0.1, -0.05) is 11.6 Å². The van der Waals surface area contributed by atoms with Gasteiger partial charge in [-0.3, -0.25) is 10.2 Å². The summed E-state index contributed by atoms with van der Waals surface area (Å²) in [6.07, 6.45) is 0. The van der Waals surface area contributed by atoms with Gasteiger partial charge in [0.2, 0.25) is 0 Å². The van der Waals surface area contributed by atoms with Crippen LogP contribution in [-0.4, -0.2) is 12.5 Å². The third-order valence-electron chi connectivity index (χ3n) is 1.41. The van der Waals surface area contributed by atoms with E-state index in [-0.39, 0.29) is 6.61 Å². The molecule has 0 aromatic heterocycles. The minimum atomic E-state index is -0.406. The summed E-state index contributed by atoms with van der Waals surface area (Å²) < 4.78 is 5.88. The van der Waals surface area contributed by atoms with Crippen LogP contribution in [0.4, 0.5) is 0 Å². The predicted molar refractivity (Wildman–Crippen MR) is 57.0 cm³/mol. The Kier molecular flexibility index (Phi) is 4.19. The number of hydrogen-bond donors (Lipinski definition) is 2. The van der Waals surface area contributed by atoms with Gasteiger partial charge >= 0.3 is 0 Å². The number of nitrogens with one attached hydrogen (secondary N) is 1. The van der Waals surface area contributed by atoms with Gasteiger partial charge in [0.1, 0.15) is 5.75 Å². The molecule has 6 heteroatoms. The topological polar surface area (TPSA) is 64.3 Å².